The Labute approximate surface area is 422 Å². The minimum Gasteiger partial charge on any atom is -0.490 e. The number of carbonyl (C=O) groups is 1. The first kappa shape index (κ1) is 50.2. The predicted molar refractivity (Wildman–Crippen MR) is 273 cm³/mol. The predicted octanol–water partition coefficient (Wildman–Crippen LogP) is 7.50. The lowest BCUT2D eigenvalue weighted by atomic mass is 9.92. The Balaban J connectivity index is 0.627. The Bertz CT molecular complexity index is 2530. The van der Waals surface area contributed by atoms with Gasteiger partial charge in [-0.3, -0.25) is 4.79 Å². The summed E-state index contributed by atoms with van der Waals surface area (Å²) in [5.74, 6) is 4.90. The number of anilines is 3. The number of aliphatic hydroxyl groups excluding tert-OH is 1. The highest BCUT2D eigenvalue weighted by Crippen LogP contribution is 2.31. The quantitative estimate of drug-likeness (QED) is 0.0650. The number of ether oxygens (including phenoxy) is 3. The fourth-order valence-electron chi connectivity index (χ4n) is 10.6. The molecule has 0 unspecified atom stereocenters. The van der Waals surface area contributed by atoms with Crippen LogP contribution in [0.15, 0.2) is 60.9 Å². The van der Waals surface area contributed by atoms with Crippen molar-refractivity contribution in [3.05, 3.63) is 88.3 Å². The molecule has 9 rings (SSSR count). The van der Waals surface area contributed by atoms with E-state index in [1.807, 2.05) is 35.1 Å². The van der Waals surface area contributed by atoms with Gasteiger partial charge >= 0.3 is 0 Å². The van der Waals surface area contributed by atoms with E-state index in [9.17, 15) is 9.90 Å². The number of nitriles is 1. The van der Waals surface area contributed by atoms with Gasteiger partial charge in [0.15, 0.2) is 17.2 Å². The number of pyridine rings is 1. The monoisotopic (exact) mass is 989 g/mol. The van der Waals surface area contributed by atoms with E-state index in [-0.39, 0.29) is 30.7 Å². The number of nitrogens with one attached hydrogen (secondary N) is 2. The Morgan fingerprint density at radius 1 is 0.887 bits per heavy atom. The number of hydrogen-bond acceptors (Lipinski definition) is 15. The molecule has 3 aliphatic heterocycles. The zero-order chi connectivity index (χ0) is 48.9. The van der Waals surface area contributed by atoms with Gasteiger partial charge in [-0.25, -0.2) is 9.97 Å². The number of aryl methyl sites for hydroxylation is 1. The number of amides is 1. The number of rotatable bonds is 20. The van der Waals surface area contributed by atoms with Crippen LogP contribution in [0.4, 0.5) is 17.5 Å². The molecule has 1 aliphatic carbocycles. The van der Waals surface area contributed by atoms with E-state index in [0.717, 1.165) is 157 Å². The molecule has 3 saturated heterocycles. The number of carbonyl (C=O) groups excluding carboxylic acids is 1. The van der Waals surface area contributed by atoms with Gasteiger partial charge in [0.2, 0.25) is 5.88 Å². The number of aliphatic hydroxyl groups is 1. The van der Waals surface area contributed by atoms with Crippen LogP contribution in [0.1, 0.15) is 111 Å². The van der Waals surface area contributed by atoms with Crippen molar-refractivity contribution >= 4 is 40.6 Å². The lowest BCUT2D eigenvalue weighted by Crippen LogP contribution is -2.42. The van der Waals surface area contributed by atoms with E-state index in [2.05, 4.69) is 64.7 Å². The molecule has 0 spiro atoms. The molecular formula is C53H69ClN12O5. The van der Waals surface area contributed by atoms with Gasteiger partial charge in [-0.05, 0) is 138 Å². The minimum absolute atomic E-state index is 0.0367. The number of halogens is 1. The van der Waals surface area contributed by atoms with Crippen LogP contribution >= 0.6 is 11.6 Å². The van der Waals surface area contributed by atoms with Crippen LogP contribution in [0.5, 0.6) is 11.6 Å². The van der Waals surface area contributed by atoms with E-state index in [1.165, 1.54) is 6.42 Å². The van der Waals surface area contributed by atoms with E-state index < -0.39 is 0 Å². The summed E-state index contributed by atoms with van der Waals surface area (Å²) in [6, 6.07) is 17.3. The molecule has 0 bridgehead atoms. The maximum Gasteiger partial charge on any atom is 0.272 e. The molecule has 4 aliphatic rings. The summed E-state index contributed by atoms with van der Waals surface area (Å²) in [5.41, 5.74) is 3.77. The lowest BCUT2D eigenvalue weighted by Gasteiger charge is -2.38. The molecule has 1 saturated carbocycles. The zero-order valence-electron chi connectivity index (χ0n) is 41.1. The molecule has 1 amide bonds. The Morgan fingerprint density at radius 3 is 2.45 bits per heavy atom. The van der Waals surface area contributed by atoms with Gasteiger partial charge in [-0.15, -0.1) is 10.2 Å². The molecule has 1 aromatic carbocycles. The summed E-state index contributed by atoms with van der Waals surface area (Å²) < 4.78 is 20.0. The van der Waals surface area contributed by atoms with Crippen molar-refractivity contribution in [2.24, 2.45) is 11.8 Å². The number of nitrogens with zero attached hydrogens (tertiary/aromatic N) is 10. The van der Waals surface area contributed by atoms with Crippen molar-refractivity contribution in [2.75, 3.05) is 80.8 Å². The molecule has 3 N–H and O–H groups in total. The van der Waals surface area contributed by atoms with Gasteiger partial charge in [0.25, 0.3) is 5.91 Å². The molecule has 71 heavy (non-hydrogen) atoms. The number of aromatic nitrogens is 6. The fraction of sp³-hybridized carbons (Fsp3) is 0.566. The van der Waals surface area contributed by atoms with Crippen molar-refractivity contribution in [3.63, 3.8) is 0 Å². The highest BCUT2D eigenvalue weighted by Gasteiger charge is 2.29. The van der Waals surface area contributed by atoms with Crippen LogP contribution in [0.25, 0.3) is 5.65 Å². The fourth-order valence-corrected chi connectivity index (χ4v) is 10.8. The summed E-state index contributed by atoms with van der Waals surface area (Å²) >= 11 is 6.17. The maximum absolute atomic E-state index is 13.1. The first-order valence-electron chi connectivity index (χ1n) is 25.9. The molecule has 1 atom stereocenters. The molecule has 4 aromatic heterocycles. The minimum atomic E-state index is -0.197. The van der Waals surface area contributed by atoms with Gasteiger partial charge < -0.3 is 44.7 Å². The summed E-state index contributed by atoms with van der Waals surface area (Å²) in [5, 5.41) is 39.4. The highest BCUT2D eigenvalue weighted by molar-refractivity contribution is 6.31. The molecule has 7 heterocycles. The largest absolute Gasteiger partial charge is 0.490 e. The van der Waals surface area contributed by atoms with E-state index in [1.54, 1.807) is 24.3 Å². The van der Waals surface area contributed by atoms with E-state index in [4.69, 9.17) is 36.1 Å². The van der Waals surface area contributed by atoms with Crippen LogP contribution in [-0.2, 0) is 17.7 Å². The second kappa shape index (κ2) is 24.6. The lowest BCUT2D eigenvalue weighted by molar-refractivity contribution is 0.0466. The molecule has 4 fully saturated rings. The number of hydrogen-bond donors (Lipinski definition) is 3. The number of fused-ring (bicyclic) bond motifs is 1. The van der Waals surface area contributed by atoms with E-state index >= 15 is 0 Å². The van der Waals surface area contributed by atoms with Crippen molar-refractivity contribution in [3.8, 4) is 17.7 Å². The first-order chi connectivity index (χ1) is 34.8. The highest BCUT2D eigenvalue weighted by atomic mass is 35.5. The van der Waals surface area contributed by atoms with Gasteiger partial charge in [0, 0.05) is 88.0 Å². The number of likely N-dealkylation sites (tertiary alicyclic amines) is 1. The SMILES string of the molecule is CCc1cnn2c(NCc3ccc(OCCOCC4CCN(CC5CCN(c6ccc(C(=O)N[C@H]7CC[C@H](Oc8ccc(C#N)c(Cl)c8)CC7)nn6)CC5)CC4)nc3)cc(N3CCCC[C@H]3CCO)nc12. The van der Waals surface area contributed by atoms with Crippen LogP contribution in [-0.4, -0.2) is 130 Å². The smallest absolute Gasteiger partial charge is 0.272 e. The Morgan fingerprint density at radius 2 is 1.72 bits per heavy atom. The zero-order valence-corrected chi connectivity index (χ0v) is 41.8. The van der Waals surface area contributed by atoms with Crippen LogP contribution < -0.4 is 29.9 Å². The van der Waals surface area contributed by atoms with Gasteiger partial charge in [0.1, 0.15) is 30.1 Å². The topological polar surface area (TPSA) is 191 Å². The standard InChI is InChI=1S/C53H69ClN12O5/c1-2-40-34-58-66-49(30-50(60-52(40)66)65-21-4-3-5-43(65)20-26-67)56-32-39-6-15-51(57-33-39)70-28-27-69-36-38-16-22-63(23-17-38)35-37-18-24-64(25-19-37)48-14-13-47(61-62-48)53(68)59-42-8-11-44(12-9-42)71-45-10-7-41(31-55)46(54)29-45/h6-7,10,13-15,29-30,33-34,37-38,42-44,56,67H,2-5,8-9,11-12,16-28,32,35-36H2,1H3,(H,59,68)/t42-,43-,44-/m0/s1. The summed E-state index contributed by atoms with van der Waals surface area (Å²) in [4.78, 5) is 30.0. The van der Waals surface area contributed by atoms with Crippen LogP contribution in [0.2, 0.25) is 5.02 Å². The van der Waals surface area contributed by atoms with Gasteiger partial charge in [0.05, 0.1) is 29.5 Å². The molecule has 17 nitrogen and oxygen atoms in total. The number of benzene rings is 1. The van der Waals surface area contributed by atoms with Crippen LogP contribution in [0, 0.1) is 23.2 Å². The summed E-state index contributed by atoms with van der Waals surface area (Å²) in [7, 11) is 0. The van der Waals surface area contributed by atoms with Crippen molar-refractivity contribution in [2.45, 2.75) is 115 Å². The summed E-state index contributed by atoms with van der Waals surface area (Å²) in [6.07, 6.45) is 16.5. The van der Waals surface area contributed by atoms with Crippen LogP contribution in [0.3, 0.4) is 0 Å². The first-order valence-corrected chi connectivity index (χ1v) is 26.3. The Hall–Kier alpha value is -5.80. The average Bonchev–Trinajstić information content (AvgIpc) is 3.83. The van der Waals surface area contributed by atoms with Gasteiger partial charge in [-0.2, -0.15) is 14.9 Å². The molecule has 0 radical (unpaired) electrons. The third kappa shape index (κ3) is 13.2. The van der Waals surface area contributed by atoms with Crippen molar-refractivity contribution < 1.29 is 24.1 Å². The summed E-state index contributed by atoms with van der Waals surface area (Å²) in [6.45, 7) is 10.8. The molecule has 378 valence electrons. The van der Waals surface area contributed by atoms with Crippen molar-refractivity contribution in [1.82, 2.24) is 40.0 Å². The third-order valence-electron chi connectivity index (χ3n) is 14.8. The van der Waals surface area contributed by atoms with Gasteiger partial charge in [-0.1, -0.05) is 24.6 Å². The second-order valence-electron chi connectivity index (χ2n) is 19.7. The normalized spacial score (nSPS) is 20.5. The molecule has 5 aromatic rings. The Kier molecular flexibility index (Phi) is 17.3. The average molecular weight is 990 g/mol. The third-order valence-corrected chi connectivity index (χ3v) is 15.1. The van der Waals surface area contributed by atoms with Crippen molar-refractivity contribution in [1.29, 1.82) is 5.26 Å². The maximum atomic E-state index is 13.1. The molecule has 18 heteroatoms. The number of piperidine rings is 3. The molecular weight excluding hydrogens is 920 g/mol. The second-order valence-corrected chi connectivity index (χ2v) is 20.1. The van der Waals surface area contributed by atoms with E-state index in [0.29, 0.717) is 59.5 Å².